The summed E-state index contributed by atoms with van der Waals surface area (Å²) in [5.74, 6) is 1.34. The van der Waals surface area contributed by atoms with Crippen molar-refractivity contribution in [3.63, 3.8) is 0 Å². The molecule has 1 aromatic heterocycles. The first kappa shape index (κ1) is 13.7. The first-order chi connectivity index (χ1) is 7.67. The van der Waals surface area contributed by atoms with Crippen molar-refractivity contribution in [3.8, 4) is 0 Å². The van der Waals surface area contributed by atoms with E-state index in [1.807, 2.05) is 0 Å². The van der Waals surface area contributed by atoms with Gasteiger partial charge in [0.1, 0.15) is 5.03 Å². The number of nitrogen functional groups attached to an aromatic ring is 1. The van der Waals surface area contributed by atoms with Crippen molar-refractivity contribution in [3.05, 3.63) is 10.7 Å². The van der Waals surface area contributed by atoms with Gasteiger partial charge in [0.2, 0.25) is 5.95 Å². The van der Waals surface area contributed by atoms with Crippen LogP contribution >= 0.6 is 27.7 Å². The Morgan fingerprint density at radius 2 is 2.12 bits per heavy atom. The predicted octanol–water partition coefficient (Wildman–Crippen LogP) is 2.26. The first-order valence-electron chi connectivity index (χ1n) is 5.30. The van der Waals surface area contributed by atoms with Crippen LogP contribution < -0.4 is 5.73 Å². The van der Waals surface area contributed by atoms with Gasteiger partial charge in [0, 0.05) is 18.5 Å². The molecule has 1 heterocycles. The van der Waals surface area contributed by atoms with Crippen LogP contribution in [0.5, 0.6) is 0 Å². The number of thioether (sulfide) groups is 1. The van der Waals surface area contributed by atoms with Gasteiger partial charge < -0.3 is 10.6 Å². The lowest BCUT2D eigenvalue weighted by Crippen LogP contribution is -2.25. The highest BCUT2D eigenvalue weighted by atomic mass is 79.9. The van der Waals surface area contributed by atoms with Crippen LogP contribution in [0, 0.1) is 0 Å². The molecule has 0 atom stereocenters. The molecule has 4 nitrogen and oxygen atoms in total. The summed E-state index contributed by atoms with van der Waals surface area (Å²) in [6, 6.07) is 0. The van der Waals surface area contributed by atoms with Crippen LogP contribution in [0.1, 0.15) is 13.8 Å². The van der Waals surface area contributed by atoms with Crippen LogP contribution in [-0.2, 0) is 0 Å². The molecule has 0 aromatic carbocycles. The van der Waals surface area contributed by atoms with Gasteiger partial charge in [-0.25, -0.2) is 9.97 Å². The quantitative estimate of drug-likeness (QED) is 0.645. The molecule has 0 unspecified atom stereocenters. The van der Waals surface area contributed by atoms with Crippen LogP contribution in [0.3, 0.4) is 0 Å². The Kier molecular flexibility index (Phi) is 6.08. The highest BCUT2D eigenvalue weighted by Crippen LogP contribution is 2.24. The zero-order valence-corrected chi connectivity index (χ0v) is 12.0. The molecule has 6 heteroatoms. The Bertz CT molecular complexity index is 331. The van der Waals surface area contributed by atoms with Crippen LogP contribution in [0.4, 0.5) is 5.95 Å². The molecule has 1 rings (SSSR count). The van der Waals surface area contributed by atoms with E-state index in [0.717, 1.165) is 34.9 Å². The van der Waals surface area contributed by atoms with Crippen molar-refractivity contribution in [2.24, 2.45) is 0 Å². The molecule has 90 valence electrons. The van der Waals surface area contributed by atoms with Crippen LogP contribution in [0.2, 0.25) is 0 Å². The topological polar surface area (TPSA) is 55.0 Å². The molecule has 0 amide bonds. The van der Waals surface area contributed by atoms with E-state index in [0.29, 0.717) is 5.95 Å². The van der Waals surface area contributed by atoms with Gasteiger partial charge in [-0.2, -0.15) is 0 Å². The second kappa shape index (κ2) is 7.09. The number of rotatable bonds is 6. The Morgan fingerprint density at radius 1 is 1.44 bits per heavy atom. The minimum Gasteiger partial charge on any atom is -0.368 e. The van der Waals surface area contributed by atoms with E-state index in [2.05, 4.69) is 44.6 Å². The van der Waals surface area contributed by atoms with E-state index in [9.17, 15) is 0 Å². The summed E-state index contributed by atoms with van der Waals surface area (Å²) in [5, 5.41) is 0.916. The highest BCUT2D eigenvalue weighted by molar-refractivity contribution is 9.10. The average molecular weight is 305 g/mol. The molecule has 0 bridgehead atoms. The Hall–Kier alpha value is -0.330. The second-order valence-electron chi connectivity index (χ2n) is 3.26. The molecular weight excluding hydrogens is 288 g/mol. The van der Waals surface area contributed by atoms with Crippen molar-refractivity contribution in [2.45, 2.75) is 18.9 Å². The zero-order valence-electron chi connectivity index (χ0n) is 9.61. The molecular formula is C10H17BrN4S. The van der Waals surface area contributed by atoms with Crippen molar-refractivity contribution >= 4 is 33.6 Å². The average Bonchev–Trinajstić information content (AvgIpc) is 2.29. The van der Waals surface area contributed by atoms with Crippen molar-refractivity contribution in [2.75, 3.05) is 31.1 Å². The molecule has 0 aliphatic heterocycles. The molecule has 0 saturated heterocycles. The Balaban J connectivity index is 2.45. The third-order valence-electron chi connectivity index (χ3n) is 2.27. The monoisotopic (exact) mass is 304 g/mol. The van der Waals surface area contributed by atoms with Gasteiger partial charge in [0.05, 0.1) is 4.47 Å². The highest BCUT2D eigenvalue weighted by Gasteiger charge is 2.05. The third kappa shape index (κ3) is 4.27. The smallest absolute Gasteiger partial charge is 0.221 e. The van der Waals surface area contributed by atoms with Gasteiger partial charge in [-0.3, -0.25) is 0 Å². The number of nitrogens with two attached hydrogens (primary N) is 1. The zero-order chi connectivity index (χ0) is 12.0. The van der Waals surface area contributed by atoms with Gasteiger partial charge in [-0.15, -0.1) is 11.8 Å². The van der Waals surface area contributed by atoms with Crippen molar-refractivity contribution in [1.82, 2.24) is 14.9 Å². The summed E-state index contributed by atoms with van der Waals surface area (Å²) in [5.41, 5.74) is 5.54. The standard InChI is InChI=1S/C10H17BrN4S/c1-3-15(4-2)5-6-16-9-8(11)7-13-10(12)14-9/h7H,3-6H2,1-2H3,(H2,12,13,14). The van der Waals surface area contributed by atoms with E-state index in [-0.39, 0.29) is 0 Å². The summed E-state index contributed by atoms with van der Waals surface area (Å²) < 4.78 is 0.909. The number of aromatic nitrogens is 2. The summed E-state index contributed by atoms with van der Waals surface area (Å²) in [6.45, 7) is 7.59. The summed E-state index contributed by atoms with van der Waals surface area (Å²) >= 11 is 5.12. The molecule has 0 aliphatic carbocycles. The van der Waals surface area contributed by atoms with Gasteiger partial charge in [0.25, 0.3) is 0 Å². The maximum atomic E-state index is 5.54. The molecule has 0 aliphatic rings. The van der Waals surface area contributed by atoms with Crippen LogP contribution in [0.25, 0.3) is 0 Å². The minimum atomic E-state index is 0.327. The Morgan fingerprint density at radius 3 is 2.75 bits per heavy atom. The van der Waals surface area contributed by atoms with E-state index in [1.54, 1.807) is 18.0 Å². The third-order valence-corrected chi connectivity index (χ3v) is 4.09. The molecule has 16 heavy (non-hydrogen) atoms. The summed E-state index contributed by atoms with van der Waals surface area (Å²) in [4.78, 5) is 10.5. The predicted molar refractivity (Wildman–Crippen MR) is 72.7 cm³/mol. The maximum absolute atomic E-state index is 5.54. The van der Waals surface area contributed by atoms with E-state index < -0.39 is 0 Å². The fraction of sp³-hybridized carbons (Fsp3) is 0.600. The molecule has 0 saturated carbocycles. The molecule has 1 aromatic rings. The molecule has 0 fully saturated rings. The summed E-state index contributed by atoms with van der Waals surface area (Å²) in [6.07, 6.45) is 1.70. The van der Waals surface area contributed by atoms with Crippen LogP contribution in [-0.4, -0.2) is 40.3 Å². The SMILES string of the molecule is CCN(CC)CCSc1nc(N)ncc1Br. The lowest BCUT2D eigenvalue weighted by Gasteiger charge is -2.17. The molecule has 0 radical (unpaired) electrons. The maximum Gasteiger partial charge on any atom is 0.221 e. The number of anilines is 1. The van der Waals surface area contributed by atoms with Gasteiger partial charge in [-0.05, 0) is 29.0 Å². The fourth-order valence-corrected chi connectivity index (χ4v) is 2.70. The van der Waals surface area contributed by atoms with Gasteiger partial charge in [0.15, 0.2) is 0 Å². The Labute approximate surface area is 109 Å². The number of hydrogen-bond acceptors (Lipinski definition) is 5. The lowest BCUT2D eigenvalue weighted by molar-refractivity contribution is 0.324. The van der Waals surface area contributed by atoms with Gasteiger partial charge >= 0.3 is 0 Å². The number of nitrogens with zero attached hydrogens (tertiary/aromatic N) is 3. The normalized spacial score (nSPS) is 11.0. The van der Waals surface area contributed by atoms with E-state index in [1.165, 1.54) is 0 Å². The molecule has 2 N–H and O–H groups in total. The minimum absolute atomic E-state index is 0.327. The van der Waals surface area contributed by atoms with Crippen LogP contribution in [0.15, 0.2) is 15.7 Å². The first-order valence-corrected chi connectivity index (χ1v) is 7.08. The van der Waals surface area contributed by atoms with Crippen molar-refractivity contribution < 1.29 is 0 Å². The lowest BCUT2D eigenvalue weighted by atomic mass is 10.5. The second-order valence-corrected chi connectivity index (χ2v) is 5.19. The van der Waals surface area contributed by atoms with E-state index in [4.69, 9.17) is 5.73 Å². The van der Waals surface area contributed by atoms with Crippen molar-refractivity contribution in [1.29, 1.82) is 0 Å². The largest absolute Gasteiger partial charge is 0.368 e. The molecule has 0 spiro atoms. The number of hydrogen-bond donors (Lipinski definition) is 1. The number of halogens is 1. The summed E-state index contributed by atoms with van der Waals surface area (Å²) in [7, 11) is 0. The fourth-order valence-electron chi connectivity index (χ4n) is 1.28. The van der Waals surface area contributed by atoms with Gasteiger partial charge in [-0.1, -0.05) is 13.8 Å². The van der Waals surface area contributed by atoms with E-state index >= 15 is 0 Å².